The predicted octanol–water partition coefficient (Wildman–Crippen LogP) is 0.783. The molecule has 0 aliphatic carbocycles. The number of rotatable bonds is 6. The van der Waals surface area contributed by atoms with Crippen molar-refractivity contribution in [2.24, 2.45) is 5.92 Å². The van der Waals surface area contributed by atoms with E-state index >= 15 is 0 Å². The Morgan fingerprint density at radius 2 is 1.96 bits per heavy atom. The van der Waals surface area contributed by atoms with E-state index in [1.54, 1.807) is 24.3 Å². The van der Waals surface area contributed by atoms with Gasteiger partial charge >= 0.3 is 6.03 Å². The molecule has 2 fully saturated rings. The minimum atomic E-state index is -3.13. The highest BCUT2D eigenvalue weighted by molar-refractivity contribution is 7.91. The van der Waals surface area contributed by atoms with Crippen molar-refractivity contribution in [1.29, 1.82) is 0 Å². The lowest BCUT2D eigenvalue weighted by atomic mass is 9.82. The van der Waals surface area contributed by atoms with Crippen molar-refractivity contribution in [3.63, 3.8) is 0 Å². The third-order valence-corrected chi connectivity index (χ3v) is 6.82. The van der Waals surface area contributed by atoms with Gasteiger partial charge in [0.2, 0.25) is 5.91 Å². The molecule has 2 unspecified atom stereocenters. The van der Waals surface area contributed by atoms with Gasteiger partial charge in [0.05, 0.1) is 11.5 Å². The van der Waals surface area contributed by atoms with E-state index in [1.807, 2.05) is 19.9 Å². The minimum Gasteiger partial charge on any atom is -0.351 e. The van der Waals surface area contributed by atoms with E-state index in [4.69, 9.17) is 0 Å². The highest BCUT2D eigenvalue weighted by Gasteiger charge is 2.52. The molecule has 4 amide bonds. The molecule has 0 radical (unpaired) electrons. The zero-order valence-electron chi connectivity index (χ0n) is 16.0. The van der Waals surface area contributed by atoms with Gasteiger partial charge in [0, 0.05) is 6.04 Å². The summed E-state index contributed by atoms with van der Waals surface area (Å²) in [6, 6.07) is 7.89. The average Bonchev–Trinajstić information content (AvgIpc) is 3.07. The van der Waals surface area contributed by atoms with Crippen LogP contribution in [0.25, 0.3) is 0 Å². The number of carbonyl (C=O) groups is 3. The van der Waals surface area contributed by atoms with Crippen molar-refractivity contribution < 1.29 is 22.8 Å². The summed E-state index contributed by atoms with van der Waals surface area (Å²) in [5, 5.41) is 5.41. The van der Waals surface area contributed by atoms with Gasteiger partial charge in [0.15, 0.2) is 9.84 Å². The summed E-state index contributed by atoms with van der Waals surface area (Å²) in [5.74, 6) is -0.959. The van der Waals surface area contributed by atoms with E-state index in [9.17, 15) is 22.8 Å². The normalized spacial score (nSPS) is 26.5. The Hall–Kier alpha value is -2.42. The first kappa shape index (κ1) is 20.3. The molecule has 2 aliphatic heterocycles. The number of hydrogen-bond donors (Lipinski definition) is 2. The largest absolute Gasteiger partial charge is 0.351 e. The van der Waals surface area contributed by atoms with Crippen LogP contribution in [0.5, 0.6) is 0 Å². The average molecular weight is 407 g/mol. The Kier molecular flexibility index (Phi) is 5.47. The van der Waals surface area contributed by atoms with Gasteiger partial charge in [-0.3, -0.25) is 14.5 Å². The first-order chi connectivity index (χ1) is 13.1. The predicted molar refractivity (Wildman–Crippen MR) is 103 cm³/mol. The summed E-state index contributed by atoms with van der Waals surface area (Å²) in [7, 11) is -3.13. The molecule has 0 aromatic heterocycles. The van der Waals surface area contributed by atoms with Crippen LogP contribution in [0.2, 0.25) is 0 Å². The first-order valence-electron chi connectivity index (χ1n) is 9.32. The Morgan fingerprint density at radius 1 is 1.29 bits per heavy atom. The Morgan fingerprint density at radius 3 is 2.54 bits per heavy atom. The van der Waals surface area contributed by atoms with Crippen molar-refractivity contribution in [2.45, 2.75) is 38.3 Å². The summed E-state index contributed by atoms with van der Waals surface area (Å²) in [6.07, 6.45) is 0.746. The van der Waals surface area contributed by atoms with Crippen molar-refractivity contribution in [2.75, 3.05) is 18.1 Å². The SMILES string of the molecule is CC(C)CC1(c2ccccc2)NC(=O)N(CC(=O)NC2CCS(=O)(=O)C2)C1=O. The molecule has 2 aliphatic rings. The minimum absolute atomic E-state index is 0.0343. The van der Waals surface area contributed by atoms with Crippen molar-refractivity contribution in [1.82, 2.24) is 15.5 Å². The van der Waals surface area contributed by atoms with E-state index < -0.39 is 45.8 Å². The maximum atomic E-state index is 13.2. The molecular formula is C19H25N3O5S. The van der Waals surface area contributed by atoms with Crippen LogP contribution in [-0.2, 0) is 25.0 Å². The van der Waals surface area contributed by atoms with Crippen LogP contribution < -0.4 is 10.6 Å². The lowest BCUT2D eigenvalue weighted by molar-refractivity contribution is -0.135. The summed E-state index contributed by atoms with van der Waals surface area (Å²) in [4.78, 5) is 39.0. The van der Waals surface area contributed by atoms with Crippen LogP contribution in [0.3, 0.4) is 0 Å². The summed E-state index contributed by atoms with van der Waals surface area (Å²) >= 11 is 0. The van der Waals surface area contributed by atoms with Crippen LogP contribution in [0.1, 0.15) is 32.3 Å². The number of carbonyl (C=O) groups excluding carboxylic acids is 3. The van der Waals surface area contributed by atoms with E-state index in [2.05, 4.69) is 10.6 Å². The van der Waals surface area contributed by atoms with Crippen molar-refractivity contribution in [3.8, 4) is 0 Å². The van der Waals surface area contributed by atoms with Crippen LogP contribution in [0.15, 0.2) is 30.3 Å². The summed E-state index contributed by atoms with van der Waals surface area (Å²) in [5.41, 5.74) is -0.532. The molecule has 2 saturated heterocycles. The Bertz CT molecular complexity index is 884. The van der Waals surface area contributed by atoms with Crippen LogP contribution in [0, 0.1) is 5.92 Å². The molecule has 2 N–H and O–H groups in total. The Balaban J connectivity index is 1.77. The van der Waals surface area contributed by atoms with Gasteiger partial charge in [-0.25, -0.2) is 13.2 Å². The maximum absolute atomic E-state index is 13.2. The van der Waals surface area contributed by atoms with Gasteiger partial charge in [-0.1, -0.05) is 44.2 Å². The fourth-order valence-corrected chi connectivity index (χ4v) is 5.56. The molecule has 3 rings (SSSR count). The van der Waals surface area contributed by atoms with Crippen LogP contribution in [0.4, 0.5) is 4.79 Å². The molecule has 152 valence electrons. The van der Waals surface area contributed by atoms with Crippen molar-refractivity contribution >= 4 is 27.7 Å². The molecule has 8 nitrogen and oxygen atoms in total. The molecule has 2 heterocycles. The van der Waals surface area contributed by atoms with E-state index in [1.165, 1.54) is 0 Å². The molecule has 9 heteroatoms. The van der Waals surface area contributed by atoms with Gasteiger partial charge in [-0.2, -0.15) is 0 Å². The zero-order valence-corrected chi connectivity index (χ0v) is 16.8. The second kappa shape index (κ2) is 7.54. The third-order valence-electron chi connectivity index (χ3n) is 5.06. The van der Waals surface area contributed by atoms with Gasteiger partial charge in [-0.05, 0) is 24.3 Å². The van der Waals surface area contributed by atoms with E-state index in [-0.39, 0.29) is 17.4 Å². The molecule has 0 bridgehead atoms. The standard InChI is InChI=1S/C19H25N3O5S/c1-13(2)10-19(14-6-4-3-5-7-14)17(24)22(18(25)21-19)11-16(23)20-15-8-9-28(26,27)12-15/h3-7,13,15H,8-12H2,1-2H3,(H,20,23)(H,21,25). The van der Waals surface area contributed by atoms with Crippen LogP contribution >= 0.6 is 0 Å². The summed E-state index contributed by atoms with van der Waals surface area (Å²) in [6.45, 7) is 3.48. The van der Waals surface area contributed by atoms with Gasteiger partial charge < -0.3 is 10.6 Å². The molecule has 0 saturated carbocycles. The molecule has 2 atom stereocenters. The lowest BCUT2D eigenvalue weighted by Gasteiger charge is -2.29. The molecule has 1 aromatic carbocycles. The number of benzene rings is 1. The maximum Gasteiger partial charge on any atom is 0.325 e. The van der Waals surface area contributed by atoms with E-state index in [0.29, 0.717) is 18.4 Å². The lowest BCUT2D eigenvalue weighted by Crippen LogP contribution is -2.47. The molecule has 28 heavy (non-hydrogen) atoms. The number of nitrogens with one attached hydrogen (secondary N) is 2. The highest BCUT2D eigenvalue weighted by atomic mass is 32.2. The first-order valence-corrected chi connectivity index (χ1v) is 11.1. The second-order valence-corrected chi connectivity index (χ2v) is 10.1. The van der Waals surface area contributed by atoms with Crippen molar-refractivity contribution in [3.05, 3.63) is 35.9 Å². The second-order valence-electron chi connectivity index (χ2n) is 7.86. The third kappa shape index (κ3) is 4.04. The fraction of sp³-hybridized carbons (Fsp3) is 0.526. The van der Waals surface area contributed by atoms with Gasteiger partial charge in [-0.15, -0.1) is 0 Å². The number of sulfone groups is 1. The topological polar surface area (TPSA) is 113 Å². The van der Waals surface area contributed by atoms with E-state index in [0.717, 1.165) is 4.90 Å². The number of imide groups is 1. The molecular weight excluding hydrogens is 382 g/mol. The number of amides is 4. The van der Waals surface area contributed by atoms with Gasteiger partial charge in [0.1, 0.15) is 12.1 Å². The fourth-order valence-electron chi connectivity index (χ4n) is 3.88. The Labute approximate surface area is 164 Å². The summed E-state index contributed by atoms with van der Waals surface area (Å²) < 4.78 is 23.1. The number of urea groups is 1. The number of hydrogen-bond acceptors (Lipinski definition) is 5. The highest BCUT2D eigenvalue weighted by Crippen LogP contribution is 2.35. The smallest absolute Gasteiger partial charge is 0.325 e. The quantitative estimate of drug-likeness (QED) is 0.677. The van der Waals surface area contributed by atoms with Crippen LogP contribution in [-0.4, -0.2) is 55.3 Å². The molecule has 1 aromatic rings. The number of nitrogens with zero attached hydrogens (tertiary/aromatic N) is 1. The monoisotopic (exact) mass is 407 g/mol. The zero-order chi connectivity index (χ0) is 20.5. The van der Waals surface area contributed by atoms with Gasteiger partial charge in [0.25, 0.3) is 5.91 Å². The molecule has 0 spiro atoms.